The molecule has 2 aromatic heterocycles. The van der Waals surface area contributed by atoms with Crippen molar-refractivity contribution in [1.82, 2.24) is 20.2 Å². The Morgan fingerprint density at radius 3 is 3.07 bits per heavy atom. The summed E-state index contributed by atoms with van der Waals surface area (Å²) in [4.78, 5) is 8.15. The summed E-state index contributed by atoms with van der Waals surface area (Å²) in [7, 11) is 0. The predicted molar refractivity (Wildman–Crippen MR) is 53.8 cm³/mol. The quantitative estimate of drug-likeness (QED) is 0.763. The van der Waals surface area contributed by atoms with Gasteiger partial charge in [0.05, 0.1) is 11.9 Å². The van der Waals surface area contributed by atoms with Crippen molar-refractivity contribution in [2.75, 3.05) is 11.9 Å². The molecule has 2 heterocycles. The van der Waals surface area contributed by atoms with Crippen LogP contribution in [-0.4, -0.2) is 26.7 Å². The van der Waals surface area contributed by atoms with Crippen LogP contribution in [0.2, 0.25) is 0 Å². The highest BCUT2D eigenvalue weighted by molar-refractivity contribution is 5.57. The lowest BCUT2D eigenvalue weighted by molar-refractivity contribution is 1.06. The van der Waals surface area contributed by atoms with Crippen LogP contribution in [-0.2, 0) is 0 Å². The first kappa shape index (κ1) is 8.68. The van der Waals surface area contributed by atoms with Gasteiger partial charge in [-0.25, -0.2) is 0 Å². The van der Waals surface area contributed by atoms with E-state index >= 15 is 0 Å². The number of rotatable bonds is 3. The van der Waals surface area contributed by atoms with Crippen molar-refractivity contribution in [2.24, 2.45) is 0 Å². The maximum atomic E-state index is 4.16. The van der Waals surface area contributed by atoms with Gasteiger partial charge in [0.2, 0.25) is 0 Å². The Kier molecular flexibility index (Phi) is 2.40. The first-order valence-corrected chi connectivity index (χ1v) is 4.46. The molecular weight excluding hydrogens is 178 g/mol. The van der Waals surface area contributed by atoms with Crippen molar-refractivity contribution < 1.29 is 0 Å². The van der Waals surface area contributed by atoms with Crippen LogP contribution < -0.4 is 5.32 Å². The van der Waals surface area contributed by atoms with Crippen LogP contribution in [0.4, 0.5) is 5.82 Å². The van der Waals surface area contributed by atoms with Gasteiger partial charge in [0.15, 0.2) is 0 Å². The van der Waals surface area contributed by atoms with Crippen LogP contribution in [0.15, 0.2) is 24.7 Å². The maximum Gasteiger partial charge on any atom is 0.148 e. The normalized spacial score (nSPS) is 10.1. The van der Waals surface area contributed by atoms with Crippen molar-refractivity contribution in [2.45, 2.75) is 6.92 Å². The van der Waals surface area contributed by atoms with Gasteiger partial charge in [-0.3, -0.25) is 15.1 Å². The summed E-state index contributed by atoms with van der Waals surface area (Å²) in [5, 5.41) is 10.1. The molecule has 0 saturated heterocycles. The Morgan fingerprint density at radius 2 is 2.36 bits per heavy atom. The van der Waals surface area contributed by atoms with Gasteiger partial charge < -0.3 is 5.32 Å². The van der Waals surface area contributed by atoms with E-state index in [-0.39, 0.29) is 0 Å². The lowest BCUT2D eigenvalue weighted by atomic mass is 10.3. The Balaban J connectivity index is 2.25. The maximum absolute atomic E-state index is 4.16. The minimum absolute atomic E-state index is 0.796. The summed E-state index contributed by atoms with van der Waals surface area (Å²) in [5.41, 5.74) is 1.67. The van der Waals surface area contributed by atoms with Crippen LogP contribution in [0.5, 0.6) is 0 Å². The second kappa shape index (κ2) is 3.87. The van der Waals surface area contributed by atoms with E-state index in [2.05, 4.69) is 25.5 Å². The Labute approximate surface area is 81.6 Å². The van der Waals surface area contributed by atoms with Gasteiger partial charge in [-0.1, -0.05) is 0 Å². The molecule has 2 rings (SSSR count). The van der Waals surface area contributed by atoms with Crippen LogP contribution in [0.1, 0.15) is 6.92 Å². The van der Waals surface area contributed by atoms with Gasteiger partial charge >= 0.3 is 0 Å². The minimum Gasteiger partial charge on any atom is -0.369 e. The zero-order valence-corrected chi connectivity index (χ0v) is 7.86. The van der Waals surface area contributed by atoms with Crippen LogP contribution >= 0.6 is 0 Å². The van der Waals surface area contributed by atoms with Gasteiger partial charge in [0.1, 0.15) is 11.5 Å². The fraction of sp³-hybridized carbons (Fsp3) is 0.222. The molecule has 0 atom stereocenters. The zero-order valence-electron chi connectivity index (χ0n) is 7.86. The summed E-state index contributed by atoms with van der Waals surface area (Å²) in [6.45, 7) is 2.88. The van der Waals surface area contributed by atoms with E-state index in [1.165, 1.54) is 0 Å². The molecule has 5 nitrogen and oxygen atoms in total. The minimum atomic E-state index is 0.796. The van der Waals surface area contributed by atoms with Crippen molar-refractivity contribution in [3.05, 3.63) is 24.7 Å². The second-order valence-corrected chi connectivity index (χ2v) is 2.79. The molecule has 0 bridgehead atoms. The molecule has 0 aliphatic rings. The molecule has 2 N–H and O–H groups in total. The summed E-state index contributed by atoms with van der Waals surface area (Å²) in [6.07, 6.45) is 5.00. The Hall–Kier alpha value is -1.91. The number of hydrogen-bond donors (Lipinski definition) is 2. The fourth-order valence-electron chi connectivity index (χ4n) is 1.16. The molecule has 0 aliphatic heterocycles. The van der Waals surface area contributed by atoms with Crippen molar-refractivity contribution in [3.8, 4) is 11.4 Å². The average molecular weight is 189 g/mol. The number of hydrogen-bond acceptors (Lipinski definition) is 4. The largest absolute Gasteiger partial charge is 0.369 e. The molecule has 0 saturated carbocycles. The van der Waals surface area contributed by atoms with E-state index in [4.69, 9.17) is 0 Å². The molecule has 5 heteroatoms. The lowest BCUT2D eigenvalue weighted by Gasteiger charge is -1.93. The number of aromatic amines is 1. The number of nitrogens with zero attached hydrogens (tertiary/aromatic N) is 3. The summed E-state index contributed by atoms with van der Waals surface area (Å²) >= 11 is 0. The second-order valence-electron chi connectivity index (χ2n) is 2.79. The highest BCUT2D eigenvalue weighted by Crippen LogP contribution is 2.15. The van der Waals surface area contributed by atoms with E-state index < -0.39 is 0 Å². The molecule has 0 aliphatic carbocycles. The topological polar surface area (TPSA) is 66.5 Å². The first-order chi connectivity index (χ1) is 6.90. The monoisotopic (exact) mass is 189 g/mol. The van der Waals surface area contributed by atoms with Gasteiger partial charge in [-0.15, -0.1) is 0 Å². The van der Waals surface area contributed by atoms with E-state index in [9.17, 15) is 0 Å². The van der Waals surface area contributed by atoms with Gasteiger partial charge in [0.25, 0.3) is 0 Å². The first-order valence-electron chi connectivity index (χ1n) is 4.46. The van der Waals surface area contributed by atoms with E-state index in [0.717, 1.165) is 23.8 Å². The van der Waals surface area contributed by atoms with E-state index in [1.54, 1.807) is 18.6 Å². The average Bonchev–Trinajstić information content (AvgIpc) is 2.68. The van der Waals surface area contributed by atoms with Crippen molar-refractivity contribution in [3.63, 3.8) is 0 Å². The molecule has 0 fully saturated rings. The highest BCUT2D eigenvalue weighted by atomic mass is 15.2. The van der Waals surface area contributed by atoms with E-state index in [1.807, 2.05) is 13.0 Å². The number of nitrogens with one attached hydrogen (secondary N) is 2. The number of aromatic nitrogens is 4. The van der Waals surface area contributed by atoms with Gasteiger partial charge in [-0.2, -0.15) is 5.10 Å². The third-order valence-electron chi connectivity index (χ3n) is 1.77. The van der Waals surface area contributed by atoms with Crippen LogP contribution in [0.3, 0.4) is 0 Å². The number of H-pyrrole nitrogens is 1. The summed E-state index contributed by atoms with van der Waals surface area (Å²) < 4.78 is 0. The lowest BCUT2D eigenvalue weighted by Crippen LogP contribution is -1.95. The molecule has 0 radical (unpaired) electrons. The smallest absolute Gasteiger partial charge is 0.148 e. The molecule has 72 valence electrons. The van der Waals surface area contributed by atoms with Crippen LogP contribution in [0.25, 0.3) is 11.4 Å². The Bertz CT molecular complexity index is 395. The molecule has 2 aromatic rings. The molecular formula is C9H11N5. The van der Waals surface area contributed by atoms with Crippen molar-refractivity contribution >= 4 is 5.82 Å². The summed E-state index contributed by atoms with van der Waals surface area (Å²) in [5.74, 6) is 0.827. The van der Waals surface area contributed by atoms with Gasteiger partial charge in [0, 0.05) is 25.0 Å². The van der Waals surface area contributed by atoms with Crippen LogP contribution in [0, 0.1) is 0 Å². The third-order valence-corrected chi connectivity index (χ3v) is 1.77. The molecule has 0 amide bonds. The molecule has 0 spiro atoms. The summed E-state index contributed by atoms with van der Waals surface area (Å²) in [6, 6.07) is 1.91. The Morgan fingerprint density at radius 1 is 1.43 bits per heavy atom. The van der Waals surface area contributed by atoms with E-state index in [0.29, 0.717) is 0 Å². The van der Waals surface area contributed by atoms with Crippen molar-refractivity contribution in [1.29, 1.82) is 0 Å². The SMILES string of the molecule is CCNc1cc(-c2cnccn2)[nH]n1. The standard InChI is InChI=1S/C9H11N5/c1-2-11-9-5-7(13-14-9)8-6-10-3-4-12-8/h3-6H,2H2,1H3,(H2,11,13,14). The zero-order chi connectivity index (χ0) is 9.80. The predicted octanol–water partition coefficient (Wildman–Crippen LogP) is 1.30. The molecule has 0 aromatic carbocycles. The molecule has 14 heavy (non-hydrogen) atoms. The number of anilines is 1. The third kappa shape index (κ3) is 1.71. The highest BCUT2D eigenvalue weighted by Gasteiger charge is 2.02. The molecule has 0 unspecified atom stereocenters. The fourth-order valence-corrected chi connectivity index (χ4v) is 1.16. The van der Waals surface area contributed by atoms with Gasteiger partial charge in [-0.05, 0) is 6.92 Å².